The van der Waals surface area contributed by atoms with Gasteiger partial charge in [0.05, 0.1) is 0 Å². The fourth-order valence-electron chi connectivity index (χ4n) is 11.1. The Bertz CT molecular complexity index is 1200. The molecule has 0 fully saturated rings. The molecule has 6 nitrogen and oxygen atoms in total. The molecule has 6 heteroatoms. The molecule has 0 saturated carbocycles. The van der Waals surface area contributed by atoms with Gasteiger partial charge in [-0.2, -0.15) is 0 Å². The first kappa shape index (κ1) is 75.4. The van der Waals surface area contributed by atoms with E-state index in [1.54, 1.807) is 0 Å². The second kappa shape index (κ2) is 62.0. The van der Waals surface area contributed by atoms with E-state index in [4.69, 9.17) is 14.2 Å². The van der Waals surface area contributed by atoms with Crippen LogP contribution in [0, 0.1) is 17.8 Å². The Morgan fingerprint density at radius 1 is 0.260 bits per heavy atom. The van der Waals surface area contributed by atoms with Gasteiger partial charge in [0, 0.05) is 19.3 Å². The average molecular weight is 1090 g/mol. The largest absolute Gasteiger partial charge is 0.462 e. The average Bonchev–Trinajstić information content (AvgIpc) is 3.41. The van der Waals surface area contributed by atoms with Gasteiger partial charge >= 0.3 is 17.9 Å². The summed E-state index contributed by atoms with van der Waals surface area (Å²) in [7, 11) is 0. The molecular formula is C71H138O6. The minimum atomic E-state index is -0.765. The molecule has 0 spiro atoms. The lowest BCUT2D eigenvalue weighted by Crippen LogP contribution is -2.30. The minimum absolute atomic E-state index is 0.0618. The van der Waals surface area contributed by atoms with Crippen molar-refractivity contribution < 1.29 is 28.6 Å². The summed E-state index contributed by atoms with van der Waals surface area (Å²) in [6.45, 7) is 13.9. The number of hydrogen-bond acceptors (Lipinski definition) is 6. The van der Waals surface area contributed by atoms with Crippen molar-refractivity contribution in [1.29, 1.82) is 0 Å². The first-order chi connectivity index (χ1) is 37.6. The molecule has 0 bridgehead atoms. The number of carbonyl (C=O) groups excluding carboxylic acids is 3. The van der Waals surface area contributed by atoms with Crippen molar-refractivity contribution in [3.63, 3.8) is 0 Å². The Morgan fingerprint density at radius 3 is 0.675 bits per heavy atom. The van der Waals surface area contributed by atoms with Crippen molar-refractivity contribution in [1.82, 2.24) is 0 Å². The molecule has 0 aromatic rings. The summed E-state index contributed by atoms with van der Waals surface area (Å²) in [5.74, 6) is 1.78. The summed E-state index contributed by atoms with van der Waals surface area (Å²) in [4.78, 5) is 38.5. The summed E-state index contributed by atoms with van der Waals surface area (Å²) in [5, 5.41) is 0. The monoisotopic (exact) mass is 1090 g/mol. The van der Waals surface area contributed by atoms with E-state index in [-0.39, 0.29) is 31.1 Å². The number of rotatable bonds is 64. The number of unbranched alkanes of at least 4 members (excludes halogenated alkanes) is 46. The van der Waals surface area contributed by atoms with Gasteiger partial charge in [-0.25, -0.2) is 0 Å². The van der Waals surface area contributed by atoms with Gasteiger partial charge in [0.15, 0.2) is 6.10 Å². The summed E-state index contributed by atoms with van der Waals surface area (Å²) in [6, 6.07) is 0. The summed E-state index contributed by atoms with van der Waals surface area (Å²) < 4.78 is 17.0. The normalized spacial score (nSPS) is 12.5. The van der Waals surface area contributed by atoms with E-state index < -0.39 is 6.10 Å². The number of carbonyl (C=O) groups is 3. The third-order valence-corrected chi connectivity index (χ3v) is 16.8. The van der Waals surface area contributed by atoms with Crippen LogP contribution in [0.2, 0.25) is 0 Å². The minimum Gasteiger partial charge on any atom is -0.462 e. The number of esters is 3. The number of hydrogen-bond donors (Lipinski definition) is 0. The predicted molar refractivity (Wildman–Crippen MR) is 335 cm³/mol. The van der Waals surface area contributed by atoms with Crippen LogP contribution in [0.25, 0.3) is 0 Å². The van der Waals surface area contributed by atoms with Gasteiger partial charge in [0.1, 0.15) is 13.2 Å². The van der Waals surface area contributed by atoms with Gasteiger partial charge in [0.2, 0.25) is 0 Å². The van der Waals surface area contributed by atoms with Gasteiger partial charge in [-0.1, -0.05) is 363 Å². The lowest BCUT2D eigenvalue weighted by molar-refractivity contribution is -0.167. The van der Waals surface area contributed by atoms with Gasteiger partial charge in [0.25, 0.3) is 0 Å². The first-order valence-corrected chi connectivity index (χ1v) is 35.1. The Morgan fingerprint density at radius 2 is 0.455 bits per heavy atom. The van der Waals surface area contributed by atoms with E-state index >= 15 is 0 Å². The third-order valence-electron chi connectivity index (χ3n) is 16.8. The molecular weight excluding hydrogens is 949 g/mol. The summed E-state index contributed by atoms with van der Waals surface area (Å²) in [6.07, 6.45) is 69.7. The highest BCUT2D eigenvalue weighted by molar-refractivity contribution is 5.71. The molecule has 0 rings (SSSR count). The molecule has 0 saturated heterocycles. The van der Waals surface area contributed by atoms with Crippen molar-refractivity contribution >= 4 is 17.9 Å². The Balaban J connectivity index is 4.26. The molecule has 0 amide bonds. The molecule has 1 unspecified atom stereocenters. The van der Waals surface area contributed by atoms with Gasteiger partial charge in [-0.05, 0) is 37.0 Å². The third kappa shape index (κ3) is 63.5. The van der Waals surface area contributed by atoms with E-state index in [0.717, 1.165) is 75.5 Å². The zero-order valence-electron chi connectivity index (χ0n) is 53.3. The smallest absolute Gasteiger partial charge is 0.306 e. The van der Waals surface area contributed by atoms with E-state index in [2.05, 4.69) is 41.5 Å². The van der Waals surface area contributed by atoms with Crippen molar-refractivity contribution in [2.24, 2.45) is 17.8 Å². The van der Waals surface area contributed by atoms with Crippen LogP contribution in [-0.2, 0) is 28.6 Å². The van der Waals surface area contributed by atoms with Crippen molar-refractivity contribution in [2.75, 3.05) is 13.2 Å². The molecule has 0 heterocycles. The van der Waals surface area contributed by atoms with Crippen LogP contribution in [0.1, 0.15) is 401 Å². The molecule has 0 aliphatic rings. The molecule has 0 N–H and O–H groups in total. The molecule has 458 valence electrons. The Hall–Kier alpha value is -1.59. The standard InChI is InChI=1S/C71H138O6/c1-7-67(6)59-53-47-41-35-29-23-17-13-9-11-14-18-24-30-36-42-48-54-60-69(72)75-63-68(64-76-70(73)61-55-49-43-37-31-26-20-22-28-34-40-46-52-58-66(4)5)77-71(74)62-56-50-44-38-32-25-19-15-10-8-12-16-21-27-33-39-45-51-57-65(2)3/h65-68H,7-64H2,1-6H3/t67?,68-/m0/s1. The molecule has 0 radical (unpaired) electrons. The van der Waals surface area contributed by atoms with E-state index in [0.29, 0.717) is 19.3 Å². The zero-order valence-corrected chi connectivity index (χ0v) is 53.3. The predicted octanol–water partition coefficient (Wildman–Crippen LogP) is 23.8. The summed E-state index contributed by atoms with van der Waals surface area (Å²) in [5.41, 5.74) is 0. The fraction of sp³-hybridized carbons (Fsp3) is 0.958. The maximum Gasteiger partial charge on any atom is 0.306 e. The lowest BCUT2D eigenvalue weighted by Gasteiger charge is -2.18. The van der Waals surface area contributed by atoms with Crippen LogP contribution in [0.4, 0.5) is 0 Å². The van der Waals surface area contributed by atoms with E-state index in [9.17, 15) is 14.4 Å². The SMILES string of the molecule is CCC(C)CCCCCCCCCCCCCCCCCCCCC(=O)OC[C@@H](COC(=O)CCCCCCCCCCCCCCCC(C)C)OC(=O)CCCCCCCCCCCCCCCCCCCCC(C)C. The van der Waals surface area contributed by atoms with E-state index in [1.807, 2.05) is 0 Å². The molecule has 0 aromatic carbocycles. The zero-order chi connectivity index (χ0) is 56.2. The Labute approximate surface area is 482 Å². The molecule has 0 aliphatic heterocycles. The van der Waals surface area contributed by atoms with Gasteiger partial charge in [-0.15, -0.1) is 0 Å². The molecule has 2 atom stereocenters. The second-order valence-corrected chi connectivity index (χ2v) is 25.7. The maximum atomic E-state index is 13.0. The van der Waals surface area contributed by atoms with Crippen LogP contribution in [0.5, 0.6) is 0 Å². The van der Waals surface area contributed by atoms with Crippen molar-refractivity contribution in [3.05, 3.63) is 0 Å². The van der Waals surface area contributed by atoms with Crippen LogP contribution in [0.15, 0.2) is 0 Å². The quantitative estimate of drug-likeness (QED) is 0.0343. The molecule has 77 heavy (non-hydrogen) atoms. The number of ether oxygens (including phenoxy) is 3. The fourth-order valence-corrected chi connectivity index (χ4v) is 11.1. The van der Waals surface area contributed by atoms with Crippen LogP contribution in [0.3, 0.4) is 0 Å². The Kier molecular flexibility index (Phi) is 60.7. The lowest BCUT2D eigenvalue weighted by atomic mass is 9.99. The summed E-state index contributed by atoms with van der Waals surface area (Å²) >= 11 is 0. The van der Waals surface area contributed by atoms with Gasteiger partial charge < -0.3 is 14.2 Å². The highest BCUT2D eigenvalue weighted by atomic mass is 16.6. The van der Waals surface area contributed by atoms with Gasteiger partial charge in [-0.3, -0.25) is 14.4 Å². The highest BCUT2D eigenvalue weighted by Gasteiger charge is 2.20. The van der Waals surface area contributed by atoms with E-state index in [1.165, 1.54) is 283 Å². The second-order valence-electron chi connectivity index (χ2n) is 25.7. The van der Waals surface area contributed by atoms with Crippen LogP contribution >= 0.6 is 0 Å². The molecule has 0 aromatic heterocycles. The first-order valence-electron chi connectivity index (χ1n) is 35.1. The maximum absolute atomic E-state index is 13.0. The van der Waals surface area contributed by atoms with Crippen molar-refractivity contribution in [2.45, 2.75) is 407 Å². The van der Waals surface area contributed by atoms with Crippen LogP contribution in [-0.4, -0.2) is 37.2 Å². The topological polar surface area (TPSA) is 78.9 Å². The highest BCUT2D eigenvalue weighted by Crippen LogP contribution is 2.20. The van der Waals surface area contributed by atoms with Crippen molar-refractivity contribution in [3.8, 4) is 0 Å². The van der Waals surface area contributed by atoms with Crippen LogP contribution < -0.4 is 0 Å². The molecule has 0 aliphatic carbocycles.